The maximum absolute atomic E-state index is 12.4. The van der Waals surface area contributed by atoms with Crippen LogP contribution in [-0.2, 0) is 14.8 Å². The molecule has 2 saturated heterocycles. The molecule has 0 saturated carbocycles. The number of carbonyl (C=O) groups excluding carboxylic acids is 1. The van der Waals surface area contributed by atoms with Gasteiger partial charge in [-0.25, -0.2) is 13.6 Å². The van der Waals surface area contributed by atoms with Crippen molar-refractivity contribution in [2.75, 3.05) is 37.6 Å². The Bertz CT molecular complexity index is 660. The third-order valence-electron chi connectivity index (χ3n) is 4.48. The van der Waals surface area contributed by atoms with E-state index in [0.717, 1.165) is 38.2 Å². The Hall–Kier alpha value is -1.64. The largest absolute Gasteiger partial charge is 0.368 e. The van der Waals surface area contributed by atoms with Crippen molar-refractivity contribution in [3.63, 3.8) is 0 Å². The number of nitrogens with one attached hydrogen (secondary N) is 1. The SMILES string of the molecule is NS(=O)(=O)c1ccc(N2CCN(C(=O)C3CCCN3)CC2)cc1. The molecule has 1 aromatic rings. The van der Waals surface area contributed by atoms with E-state index >= 15 is 0 Å². The summed E-state index contributed by atoms with van der Waals surface area (Å²) in [4.78, 5) is 16.5. The summed E-state index contributed by atoms with van der Waals surface area (Å²) in [5.41, 5.74) is 0.948. The molecule has 2 aliphatic heterocycles. The van der Waals surface area contributed by atoms with Crippen LogP contribution >= 0.6 is 0 Å². The molecule has 0 aromatic heterocycles. The molecule has 2 fully saturated rings. The van der Waals surface area contributed by atoms with Gasteiger partial charge in [0, 0.05) is 31.9 Å². The van der Waals surface area contributed by atoms with E-state index < -0.39 is 10.0 Å². The first-order chi connectivity index (χ1) is 10.9. The molecule has 126 valence electrons. The van der Waals surface area contributed by atoms with Crippen LogP contribution in [0.15, 0.2) is 29.2 Å². The zero-order valence-electron chi connectivity index (χ0n) is 12.9. The Labute approximate surface area is 136 Å². The molecule has 1 amide bonds. The second-order valence-electron chi connectivity index (χ2n) is 6.00. The summed E-state index contributed by atoms with van der Waals surface area (Å²) in [6.45, 7) is 3.79. The van der Waals surface area contributed by atoms with Crippen LogP contribution in [0, 0.1) is 0 Å². The number of carbonyl (C=O) groups is 1. The van der Waals surface area contributed by atoms with Crippen molar-refractivity contribution in [2.24, 2.45) is 5.14 Å². The van der Waals surface area contributed by atoms with Crippen LogP contribution < -0.4 is 15.4 Å². The first-order valence-corrected chi connectivity index (χ1v) is 9.40. The van der Waals surface area contributed by atoms with Crippen LogP contribution in [0.4, 0.5) is 5.69 Å². The number of nitrogens with zero attached hydrogens (tertiary/aromatic N) is 2. The molecule has 1 aromatic carbocycles. The predicted molar refractivity (Wildman–Crippen MR) is 87.6 cm³/mol. The second-order valence-corrected chi connectivity index (χ2v) is 7.56. The maximum Gasteiger partial charge on any atom is 0.239 e. The molecular formula is C15H22N4O3S. The number of anilines is 1. The van der Waals surface area contributed by atoms with Gasteiger partial charge in [0.25, 0.3) is 0 Å². The third kappa shape index (κ3) is 3.65. The minimum atomic E-state index is -3.66. The molecule has 1 unspecified atom stereocenters. The number of rotatable bonds is 3. The molecule has 0 radical (unpaired) electrons. The molecule has 2 aliphatic rings. The predicted octanol–water partition coefficient (Wildman–Crippen LogP) is -0.265. The Morgan fingerprint density at radius 3 is 2.30 bits per heavy atom. The highest BCUT2D eigenvalue weighted by Crippen LogP contribution is 2.19. The van der Waals surface area contributed by atoms with Crippen LogP contribution in [-0.4, -0.2) is 58.0 Å². The van der Waals surface area contributed by atoms with E-state index in [1.807, 2.05) is 4.90 Å². The fourth-order valence-electron chi connectivity index (χ4n) is 3.15. The number of primary sulfonamides is 1. The summed E-state index contributed by atoms with van der Waals surface area (Å²) >= 11 is 0. The van der Waals surface area contributed by atoms with Crippen LogP contribution in [0.5, 0.6) is 0 Å². The van der Waals surface area contributed by atoms with Crippen molar-refractivity contribution >= 4 is 21.6 Å². The number of sulfonamides is 1. The van der Waals surface area contributed by atoms with E-state index in [1.54, 1.807) is 12.1 Å². The molecule has 1 atom stereocenters. The van der Waals surface area contributed by atoms with Gasteiger partial charge in [0.1, 0.15) is 0 Å². The van der Waals surface area contributed by atoms with E-state index in [4.69, 9.17) is 5.14 Å². The maximum atomic E-state index is 12.4. The van der Waals surface area contributed by atoms with Crippen LogP contribution in [0.1, 0.15) is 12.8 Å². The molecule has 8 heteroatoms. The van der Waals surface area contributed by atoms with Crippen LogP contribution in [0.3, 0.4) is 0 Å². The van der Waals surface area contributed by atoms with Gasteiger partial charge in [0.15, 0.2) is 0 Å². The fourth-order valence-corrected chi connectivity index (χ4v) is 3.66. The van der Waals surface area contributed by atoms with Gasteiger partial charge in [-0.05, 0) is 43.7 Å². The molecule has 3 N–H and O–H groups in total. The summed E-state index contributed by atoms with van der Waals surface area (Å²) < 4.78 is 22.6. The summed E-state index contributed by atoms with van der Waals surface area (Å²) in [5.74, 6) is 0.201. The fraction of sp³-hybridized carbons (Fsp3) is 0.533. The van der Waals surface area contributed by atoms with E-state index in [-0.39, 0.29) is 16.8 Å². The highest BCUT2D eigenvalue weighted by atomic mass is 32.2. The number of amides is 1. The summed E-state index contributed by atoms with van der Waals surface area (Å²) in [6.07, 6.45) is 1.99. The Balaban J connectivity index is 1.59. The average Bonchev–Trinajstić information content (AvgIpc) is 3.08. The molecule has 7 nitrogen and oxygen atoms in total. The van der Waals surface area contributed by atoms with Gasteiger partial charge in [-0.1, -0.05) is 0 Å². The zero-order valence-corrected chi connectivity index (χ0v) is 13.8. The first kappa shape index (κ1) is 16.2. The molecule has 0 spiro atoms. The highest BCUT2D eigenvalue weighted by Gasteiger charge is 2.29. The number of nitrogens with two attached hydrogens (primary N) is 1. The number of benzene rings is 1. The quantitative estimate of drug-likeness (QED) is 0.791. The topological polar surface area (TPSA) is 95.7 Å². The van der Waals surface area contributed by atoms with Crippen LogP contribution in [0.2, 0.25) is 0 Å². The van der Waals surface area contributed by atoms with E-state index in [2.05, 4.69) is 10.2 Å². The molecule has 0 aliphatic carbocycles. The van der Waals surface area contributed by atoms with Crippen molar-refractivity contribution in [1.82, 2.24) is 10.2 Å². The Morgan fingerprint density at radius 1 is 1.13 bits per heavy atom. The lowest BCUT2D eigenvalue weighted by atomic mass is 10.1. The van der Waals surface area contributed by atoms with Gasteiger partial charge in [-0.3, -0.25) is 4.79 Å². The summed E-state index contributed by atoms with van der Waals surface area (Å²) in [7, 11) is -3.66. The smallest absolute Gasteiger partial charge is 0.239 e. The summed E-state index contributed by atoms with van der Waals surface area (Å²) in [6, 6.07) is 6.54. The lowest BCUT2D eigenvalue weighted by Gasteiger charge is -2.37. The monoisotopic (exact) mass is 338 g/mol. The molecular weight excluding hydrogens is 316 g/mol. The minimum Gasteiger partial charge on any atom is -0.368 e. The van der Waals surface area contributed by atoms with Gasteiger partial charge in [-0.15, -0.1) is 0 Å². The average molecular weight is 338 g/mol. The van der Waals surface area contributed by atoms with Gasteiger partial charge in [-0.2, -0.15) is 0 Å². The van der Waals surface area contributed by atoms with Crippen molar-refractivity contribution in [2.45, 2.75) is 23.8 Å². The number of piperazine rings is 1. The molecule has 2 heterocycles. The molecule has 0 bridgehead atoms. The Morgan fingerprint density at radius 2 is 1.78 bits per heavy atom. The van der Waals surface area contributed by atoms with Crippen molar-refractivity contribution in [3.8, 4) is 0 Å². The second kappa shape index (κ2) is 6.46. The summed E-state index contributed by atoms with van der Waals surface area (Å²) in [5, 5.41) is 8.35. The first-order valence-electron chi connectivity index (χ1n) is 7.85. The lowest BCUT2D eigenvalue weighted by molar-refractivity contribution is -0.133. The van der Waals surface area contributed by atoms with Crippen molar-refractivity contribution in [1.29, 1.82) is 0 Å². The zero-order chi connectivity index (χ0) is 16.4. The van der Waals surface area contributed by atoms with E-state index in [9.17, 15) is 13.2 Å². The number of hydrogen-bond donors (Lipinski definition) is 2. The Kier molecular flexibility index (Phi) is 4.56. The lowest BCUT2D eigenvalue weighted by Crippen LogP contribution is -2.53. The molecule has 23 heavy (non-hydrogen) atoms. The normalized spacial score (nSPS) is 22.4. The van der Waals surface area contributed by atoms with E-state index in [0.29, 0.717) is 13.1 Å². The number of hydrogen-bond acceptors (Lipinski definition) is 5. The standard InChI is InChI=1S/C15H22N4O3S/c16-23(21,22)13-5-3-12(4-6-13)18-8-10-19(11-9-18)15(20)14-2-1-7-17-14/h3-6,14,17H,1-2,7-11H2,(H2,16,21,22). The van der Waals surface area contributed by atoms with Gasteiger partial charge in [0.05, 0.1) is 10.9 Å². The molecule has 3 rings (SSSR count). The van der Waals surface area contributed by atoms with Gasteiger partial charge in [0.2, 0.25) is 15.9 Å². The van der Waals surface area contributed by atoms with Crippen molar-refractivity contribution in [3.05, 3.63) is 24.3 Å². The van der Waals surface area contributed by atoms with Gasteiger partial charge >= 0.3 is 0 Å². The minimum absolute atomic E-state index is 0.0180. The van der Waals surface area contributed by atoms with Crippen LogP contribution in [0.25, 0.3) is 0 Å². The van der Waals surface area contributed by atoms with Gasteiger partial charge < -0.3 is 15.1 Å². The highest BCUT2D eigenvalue weighted by molar-refractivity contribution is 7.89. The van der Waals surface area contributed by atoms with Crippen molar-refractivity contribution < 1.29 is 13.2 Å². The third-order valence-corrected chi connectivity index (χ3v) is 5.41. The van der Waals surface area contributed by atoms with E-state index in [1.165, 1.54) is 12.1 Å².